The molecule has 8 rings (SSSR count). The van der Waals surface area contributed by atoms with E-state index in [0.717, 1.165) is 75.5 Å². The monoisotopic (exact) mass is 860 g/mol. The van der Waals surface area contributed by atoms with E-state index < -0.39 is 29.3 Å². The smallest absolute Gasteiger partial charge is 0.268 e. The molecule has 0 aliphatic carbocycles. The topological polar surface area (TPSA) is 164 Å². The van der Waals surface area contributed by atoms with E-state index in [1.165, 1.54) is 30.3 Å². The lowest BCUT2D eigenvalue weighted by Gasteiger charge is -2.37. The normalized spacial score (nSPS) is 17.5. The second-order valence-electron chi connectivity index (χ2n) is 15.9. The lowest BCUT2D eigenvalue weighted by molar-refractivity contribution is -0.134. The van der Waals surface area contributed by atoms with Crippen LogP contribution < -0.4 is 31.6 Å². The van der Waals surface area contributed by atoms with Gasteiger partial charge in [-0.1, -0.05) is 24.3 Å². The highest BCUT2D eigenvalue weighted by Crippen LogP contribution is 2.28. The number of aromatic nitrogens is 2. The Bertz CT molecular complexity index is 2460. The van der Waals surface area contributed by atoms with Gasteiger partial charge in [-0.05, 0) is 110 Å². The highest BCUT2D eigenvalue weighted by Gasteiger charge is 2.29. The first-order valence-electron chi connectivity index (χ1n) is 21.0. The number of amides is 4. The zero-order valence-electron chi connectivity index (χ0n) is 34.4. The molecule has 3 saturated heterocycles. The molecule has 0 bridgehead atoms. The third kappa shape index (κ3) is 10.8. The van der Waals surface area contributed by atoms with Crippen LogP contribution in [0.3, 0.4) is 0 Å². The van der Waals surface area contributed by atoms with Gasteiger partial charge in [0.05, 0.1) is 23.2 Å². The van der Waals surface area contributed by atoms with E-state index in [9.17, 15) is 28.0 Å². The standard InChI is InChI=1S/C46H47F3N10O4/c47-38-4-2-1-3-36(38)44(62)52-32-9-7-31(8-10-32)51-42-40(49)28-50-46(55-42)53-33-11-14-37(39(48)27-33)45(63)56-59-21-18-29(19-22-59)17-20-57-23-25-58(26-24-57)34-12-5-30(6-13-34)35-15-16-41(60)54-43(35)61/h1-14,27-29,35H,15-26H2,(H,52,62)(H,56,63)(H,54,60,61)(H2,50,51,53,55). The molecule has 14 nitrogen and oxygen atoms in total. The minimum absolute atomic E-state index is 0.0231. The molecule has 63 heavy (non-hydrogen) atoms. The third-order valence-electron chi connectivity index (χ3n) is 11.7. The number of nitrogens with one attached hydrogen (secondary N) is 5. The van der Waals surface area contributed by atoms with Crippen molar-refractivity contribution < 1.29 is 32.3 Å². The maximum Gasteiger partial charge on any atom is 0.268 e. The van der Waals surface area contributed by atoms with E-state index in [4.69, 9.17) is 0 Å². The number of nitrogens with zero attached hydrogens (tertiary/aromatic N) is 5. The summed E-state index contributed by atoms with van der Waals surface area (Å²) in [5.74, 6) is -3.68. The van der Waals surface area contributed by atoms with Crippen LogP contribution in [0.25, 0.3) is 0 Å². The SMILES string of the molecule is O=C1CCC(c2ccc(N3CCN(CCC4CCN(NC(=O)c5ccc(Nc6ncc(F)c(Nc7ccc(NC(=O)c8ccccc8F)cc7)n6)cc5F)CC4)CC3)cc2)C(=O)N1. The maximum atomic E-state index is 15.3. The predicted octanol–water partition coefficient (Wildman–Crippen LogP) is 6.72. The van der Waals surface area contributed by atoms with E-state index in [1.807, 2.05) is 17.1 Å². The molecule has 0 spiro atoms. The predicted molar refractivity (Wildman–Crippen MR) is 232 cm³/mol. The number of hydrazine groups is 1. The number of piperazine rings is 1. The first-order valence-corrected chi connectivity index (χ1v) is 21.0. The van der Waals surface area contributed by atoms with Gasteiger partial charge in [-0.3, -0.25) is 34.8 Å². The van der Waals surface area contributed by atoms with Gasteiger partial charge in [-0.25, -0.2) is 23.2 Å². The van der Waals surface area contributed by atoms with E-state index in [1.54, 1.807) is 30.3 Å². The molecular formula is C46H47F3N10O4. The Morgan fingerprint density at radius 1 is 0.714 bits per heavy atom. The van der Waals surface area contributed by atoms with Crippen molar-refractivity contribution in [2.24, 2.45) is 5.92 Å². The van der Waals surface area contributed by atoms with Gasteiger partial charge >= 0.3 is 0 Å². The summed E-state index contributed by atoms with van der Waals surface area (Å²) in [4.78, 5) is 62.3. The summed E-state index contributed by atoms with van der Waals surface area (Å²) in [5, 5.41) is 12.6. The quantitative estimate of drug-likeness (QED) is 0.0799. The van der Waals surface area contributed by atoms with Gasteiger partial charge in [0, 0.05) is 68.4 Å². The van der Waals surface area contributed by atoms with Crippen molar-refractivity contribution in [1.82, 2.24) is 30.6 Å². The van der Waals surface area contributed by atoms with Crippen LogP contribution in [0.15, 0.2) is 97.2 Å². The Labute approximate surface area is 362 Å². The molecule has 3 aliphatic rings. The van der Waals surface area contributed by atoms with Crippen molar-refractivity contribution in [2.45, 2.75) is 38.0 Å². The second-order valence-corrected chi connectivity index (χ2v) is 15.9. The molecule has 1 aromatic heterocycles. The zero-order chi connectivity index (χ0) is 43.9. The molecular weight excluding hydrogens is 814 g/mol. The number of benzene rings is 4. The Morgan fingerprint density at radius 3 is 2.13 bits per heavy atom. The van der Waals surface area contributed by atoms with E-state index in [2.05, 4.69) is 58.6 Å². The summed E-state index contributed by atoms with van der Waals surface area (Å²) in [5.41, 5.74) is 5.78. The van der Waals surface area contributed by atoms with Gasteiger partial charge in [-0.15, -0.1) is 0 Å². The van der Waals surface area contributed by atoms with Crippen molar-refractivity contribution in [3.63, 3.8) is 0 Å². The number of carbonyl (C=O) groups is 4. The number of hydrogen-bond donors (Lipinski definition) is 5. The summed E-state index contributed by atoms with van der Waals surface area (Å²) in [6.07, 6.45) is 4.76. The molecule has 0 radical (unpaired) electrons. The lowest BCUT2D eigenvalue weighted by Crippen LogP contribution is -2.48. The van der Waals surface area contributed by atoms with Crippen molar-refractivity contribution in [2.75, 3.05) is 66.7 Å². The van der Waals surface area contributed by atoms with Gasteiger partial charge < -0.3 is 20.9 Å². The number of halogens is 3. The van der Waals surface area contributed by atoms with Crippen LogP contribution in [0.2, 0.25) is 0 Å². The van der Waals surface area contributed by atoms with Crippen molar-refractivity contribution in [3.05, 3.63) is 131 Å². The summed E-state index contributed by atoms with van der Waals surface area (Å²) in [6, 6.07) is 24.1. The molecule has 3 aliphatic heterocycles. The number of carbonyl (C=O) groups excluding carboxylic acids is 4. The van der Waals surface area contributed by atoms with Crippen molar-refractivity contribution >= 4 is 58.1 Å². The number of hydrogen-bond acceptors (Lipinski definition) is 11. The highest BCUT2D eigenvalue weighted by molar-refractivity contribution is 6.04. The Balaban J connectivity index is 0.752. The summed E-state index contributed by atoms with van der Waals surface area (Å²) in [7, 11) is 0. The molecule has 5 N–H and O–H groups in total. The summed E-state index contributed by atoms with van der Waals surface area (Å²) >= 11 is 0. The molecule has 17 heteroatoms. The minimum Gasteiger partial charge on any atom is -0.369 e. The average Bonchev–Trinajstić information content (AvgIpc) is 3.28. The summed E-state index contributed by atoms with van der Waals surface area (Å²) in [6.45, 7) is 6.07. The van der Waals surface area contributed by atoms with Crippen LogP contribution in [-0.4, -0.2) is 89.3 Å². The highest BCUT2D eigenvalue weighted by atomic mass is 19.1. The molecule has 0 saturated carbocycles. The Hall–Kier alpha value is -6.85. The van der Waals surface area contributed by atoms with Crippen LogP contribution in [0.4, 0.5) is 47.7 Å². The van der Waals surface area contributed by atoms with E-state index >= 15 is 4.39 Å². The molecule has 1 atom stereocenters. The second kappa shape index (κ2) is 19.5. The van der Waals surface area contributed by atoms with E-state index in [0.29, 0.717) is 43.2 Å². The van der Waals surface area contributed by atoms with Crippen LogP contribution in [0.5, 0.6) is 0 Å². The number of piperidine rings is 2. The van der Waals surface area contributed by atoms with Crippen LogP contribution >= 0.6 is 0 Å². The van der Waals surface area contributed by atoms with Gasteiger partial charge in [0.15, 0.2) is 11.6 Å². The Morgan fingerprint density at radius 2 is 1.41 bits per heavy atom. The largest absolute Gasteiger partial charge is 0.369 e. The van der Waals surface area contributed by atoms with Crippen LogP contribution in [0, 0.1) is 23.4 Å². The van der Waals surface area contributed by atoms with E-state index in [-0.39, 0.29) is 46.3 Å². The number of rotatable bonds is 13. The third-order valence-corrected chi connectivity index (χ3v) is 11.7. The molecule has 5 aromatic rings. The average molecular weight is 861 g/mol. The van der Waals surface area contributed by atoms with Crippen molar-refractivity contribution in [3.8, 4) is 0 Å². The minimum atomic E-state index is -0.751. The maximum absolute atomic E-state index is 15.3. The lowest BCUT2D eigenvalue weighted by atomic mass is 9.90. The zero-order valence-corrected chi connectivity index (χ0v) is 34.4. The van der Waals surface area contributed by atoms with Gasteiger partial charge in [0.2, 0.25) is 17.8 Å². The molecule has 3 fully saturated rings. The van der Waals surface area contributed by atoms with Crippen LogP contribution in [0.1, 0.15) is 64.3 Å². The summed E-state index contributed by atoms with van der Waals surface area (Å²) < 4.78 is 44.0. The molecule has 4 heterocycles. The first kappa shape index (κ1) is 42.8. The van der Waals surface area contributed by atoms with Gasteiger partial charge in [0.25, 0.3) is 11.8 Å². The molecule has 4 amide bonds. The Kier molecular flexibility index (Phi) is 13.2. The van der Waals surface area contributed by atoms with Gasteiger partial charge in [-0.2, -0.15) is 4.98 Å². The van der Waals surface area contributed by atoms with Crippen molar-refractivity contribution in [1.29, 1.82) is 0 Å². The van der Waals surface area contributed by atoms with Gasteiger partial charge in [0.1, 0.15) is 11.6 Å². The fraction of sp³-hybridized carbons (Fsp3) is 0.304. The molecule has 1 unspecified atom stereocenters. The number of imide groups is 1. The number of anilines is 6. The molecule has 326 valence electrons. The fourth-order valence-corrected chi connectivity index (χ4v) is 8.10. The van der Waals surface area contributed by atoms with Crippen LogP contribution in [-0.2, 0) is 9.59 Å². The fourth-order valence-electron chi connectivity index (χ4n) is 8.10. The first-order chi connectivity index (χ1) is 30.5. The molecule has 4 aromatic carbocycles.